The van der Waals surface area contributed by atoms with Gasteiger partial charge in [-0.15, -0.1) is 0 Å². The lowest BCUT2D eigenvalue weighted by molar-refractivity contribution is 0.323. The SMILES string of the molecule is CCCC(C)(C)C1CN1. The van der Waals surface area contributed by atoms with Gasteiger partial charge in [0.2, 0.25) is 0 Å². The average molecular weight is 127 g/mol. The summed E-state index contributed by atoms with van der Waals surface area (Å²) in [5.41, 5.74) is 0.550. The molecule has 0 amide bonds. The van der Waals surface area contributed by atoms with Gasteiger partial charge in [0.05, 0.1) is 0 Å². The standard InChI is InChI=1S/C8H17N/c1-4-5-8(2,3)7-6-9-7/h7,9H,4-6H2,1-3H3. The van der Waals surface area contributed by atoms with Gasteiger partial charge in [0.25, 0.3) is 0 Å². The first-order valence-electron chi connectivity index (χ1n) is 3.90. The van der Waals surface area contributed by atoms with Crippen LogP contribution in [0, 0.1) is 5.41 Å². The molecule has 0 aromatic carbocycles. The third kappa shape index (κ3) is 1.68. The van der Waals surface area contributed by atoms with Crippen LogP contribution < -0.4 is 5.32 Å². The average Bonchev–Trinajstić information content (AvgIpc) is 2.41. The molecule has 9 heavy (non-hydrogen) atoms. The van der Waals surface area contributed by atoms with Gasteiger partial charge < -0.3 is 5.32 Å². The highest BCUT2D eigenvalue weighted by atomic mass is 15.1. The monoisotopic (exact) mass is 127 g/mol. The maximum Gasteiger partial charge on any atom is 0.0244 e. The van der Waals surface area contributed by atoms with Crippen molar-refractivity contribution < 1.29 is 0 Å². The Kier molecular flexibility index (Phi) is 1.80. The van der Waals surface area contributed by atoms with Crippen LogP contribution in [-0.2, 0) is 0 Å². The zero-order valence-corrected chi connectivity index (χ0v) is 6.70. The van der Waals surface area contributed by atoms with Gasteiger partial charge in [-0.05, 0) is 11.8 Å². The second kappa shape index (κ2) is 2.30. The Balaban J connectivity index is 2.30. The molecule has 1 nitrogen and oxygen atoms in total. The Bertz CT molecular complexity index is 92.7. The summed E-state index contributed by atoms with van der Waals surface area (Å²) in [7, 11) is 0. The maximum atomic E-state index is 3.36. The molecule has 1 saturated heterocycles. The van der Waals surface area contributed by atoms with Gasteiger partial charge in [-0.1, -0.05) is 27.2 Å². The third-order valence-corrected chi connectivity index (χ3v) is 2.25. The van der Waals surface area contributed by atoms with E-state index in [2.05, 4.69) is 26.1 Å². The summed E-state index contributed by atoms with van der Waals surface area (Å²) >= 11 is 0. The summed E-state index contributed by atoms with van der Waals surface area (Å²) < 4.78 is 0. The summed E-state index contributed by atoms with van der Waals surface area (Å²) in [5, 5.41) is 3.36. The Morgan fingerprint density at radius 2 is 2.11 bits per heavy atom. The molecule has 0 aromatic heterocycles. The van der Waals surface area contributed by atoms with Crippen molar-refractivity contribution in [3.63, 3.8) is 0 Å². The highest BCUT2D eigenvalue weighted by Crippen LogP contribution is 2.31. The van der Waals surface area contributed by atoms with Gasteiger partial charge in [0.15, 0.2) is 0 Å². The maximum absolute atomic E-state index is 3.36. The molecule has 1 unspecified atom stereocenters. The van der Waals surface area contributed by atoms with Crippen molar-refractivity contribution in [3.05, 3.63) is 0 Å². The van der Waals surface area contributed by atoms with Gasteiger partial charge >= 0.3 is 0 Å². The molecular weight excluding hydrogens is 110 g/mol. The van der Waals surface area contributed by atoms with Crippen LogP contribution in [0.15, 0.2) is 0 Å². The minimum absolute atomic E-state index is 0.550. The zero-order valence-electron chi connectivity index (χ0n) is 6.70. The van der Waals surface area contributed by atoms with Crippen molar-refractivity contribution in [1.82, 2.24) is 5.32 Å². The second-order valence-corrected chi connectivity index (χ2v) is 3.70. The van der Waals surface area contributed by atoms with E-state index in [0.717, 1.165) is 6.04 Å². The van der Waals surface area contributed by atoms with Crippen molar-refractivity contribution in [2.75, 3.05) is 6.54 Å². The Morgan fingerprint density at radius 3 is 2.44 bits per heavy atom. The molecule has 0 radical (unpaired) electrons. The van der Waals surface area contributed by atoms with Crippen LogP contribution in [0.1, 0.15) is 33.6 Å². The zero-order chi connectivity index (χ0) is 6.91. The first-order valence-corrected chi connectivity index (χ1v) is 3.90. The summed E-state index contributed by atoms with van der Waals surface area (Å²) in [6, 6.07) is 0.817. The number of hydrogen-bond acceptors (Lipinski definition) is 1. The number of hydrogen-bond donors (Lipinski definition) is 1. The van der Waals surface area contributed by atoms with Gasteiger partial charge in [-0.3, -0.25) is 0 Å². The van der Waals surface area contributed by atoms with Crippen LogP contribution in [0.4, 0.5) is 0 Å². The van der Waals surface area contributed by atoms with E-state index in [4.69, 9.17) is 0 Å². The molecule has 0 aromatic rings. The van der Waals surface area contributed by atoms with E-state index < -0.39 is 0 Å². The van der Waals surface area contributed by atoms with Gasteiger partial charge in [-0.25, -0.2) is 0 Å². The van der Waals surface area contributed by atoms with Crippen molar-refractivity contribution in [2.45, 2.75) is 39.7 Å². The van der Waals surface area contributed by atoms with Crippen LogP contribution in [0.5, 0.6) is 0 Å². The van der Waals surface area contributed by atoms with Crippen molar-refractivity contribution in [2.24, 2.45) is 5.41 Å². The van der Waals surface area contributed by atoms with E-state index in [1.807, 2.05) is 0 Å². The van der Waals surface area contributed by atoms with Crippen molar-refractivity contribution in [1.29, 1.82) is 0 Å². The minimum atomic E-state index is 0.550. The molecule has 0 spiro atoms. The number of rotatable bonds is 3. The van der Waals surface area contributed by atoms with E-state index in [0.29, 0.717) is 5.41 Å². The third-order valence-electron chi connectivity index (χ3n) is 2.25. The molecule has 1 rings (SSSR count). The minimum Gasteiger partial charge on any atom is -0.311 e. The Hall–Kier alpha value is -0.0400. The molecule has 0 bridgehead atoms. The molecule has 1 aliphatic rings. The molecule has 1 heterocycles. The predicted octanol–water partition coefficient (Wildman–Crippen LogP) is 1.78. The number of nitrogens with one attached hydrogen (secondary N) is 1. The molecule has 54 valence electrons. The Morgan fingerprint density at radius 1 is 1.56 bits per heavy atom. The lowest BCUT2D eigenvalue weighted by atomic mass is 9.84. The van der Waals surface area contributed by atoms with Gasteiger partial charge in [0, 0.05) is 12.6 Å². The highest BCUT2D eigenvalue weighted by Gasteiger charge is 2.35. The first kappa shape index (κ1) is 7.07. The fourth-order valence-electron chi connectivity index (χ4n) is 1.43. The quantitative estimate of drug-likeness (QED) is 0.573. The summed E-state index contributed by atoms with van der Waals surface area (Å²) in [5.74, 6) is 0. The summed E-state index contributed by atoms with van der Waals surface area (Å²) in [6.07, 6.45) is 2.66. The first-order chi connectivity index (χ1) is 4.17. The largest absolute Gasteiger partial charge is 0.311 e. The molecule has 1 aliphatic heterocycles. The molecule has 0 saturated carbocycles. The van der Waals surface area contributed by atoms with E-state index >= 15 is 0 Å². The lowest BCUT2D eigenvalue weighted by Crippen LogP contribution is -2.20. The molecule has 1 atom stereocenters. The van der Waals surface area contributed by atoms with Crippen LogP contribution in [0.3, 0.4) is 0 Å². The Labute approximate surface area is 57.8 Å². The lowest BCUT2D eigenvalue weighted by Gasteiger charge is -2.21. The molecule has 0 aliphatic carbocycles. The van der Waals surface area contributed by atoms with E-state index in [-0.39, 0.29) is 0 Å². The van der Waals surface area contributed by atoms with Crippen molar-refractivity contribution in [3.8, 4) is 0 Å². The fourth-order valence-corrected chi connectivity index (χ4v) is 1.43. The smallest absolute Gasteiger partial charge is 0.0244 e. The van der Waals surface area contributed by atoms with Crippen LogP contribution >= 0.6 is 0 Å². The highest BCUT2D eigenvalue weighted by molar-refractivity contribution is 4.95. The molecule has 1 fully saturated rings. The second-order valence-electron chi connectivity index (χ2n) is 3.70. The van der Waals surface area contributed by atoms with E-state index in [1.165, 1.54) is 19.4 Å². The topological polar surface area (TPSA) is 21.9 Å². The van der Waals surface area contributed by atoms with E-state index in [9.17, 15) is 0 Å². The van der Waals surface area contributed by atoms with Crippen LogP contribution in [-0.4, -0.2) is 12.6 Å². The fraction of sp³-hybridized carbons (Fsp3) is 1.00. The van der Waals surface area contributed by atoms with E-state index in [1.54, 1.807) is 0 Å². The molecule has 1 N–H and O–H groups in total. The van der Waals surface area contributed by atoms with Gasteiger partial charge in [0.1, 0.15) is 0 Å². The predicted molar refractivity (Wildman–Crippen MR) is 40.5 cm³/mol. The normalized spacial score (nSPS) is 26.3. The van der Waals surface area contributed by atoms with Gasteiger partial charge in [-0.2, -0.15) is 0 Å². The molecule has 1 heteroatoms. The summed E-state index contributed by atoms with van der Waals surface area (Å²) in [6.45, 7) is 8.19. The van der Waals surface area contributed by atoms with Crippen LogP contribution in [0.2, 0.25) is 0 Å². The van der Waals surface area contributed by atoms with Crippen LogP contribution in [0.25, 0.3) is 0 Å². The summed E-state index contributed by atoms with van der Waals surface area (Å²) in [4.78, 5) is 0. The molecular formula is C8H17N. The van der Waals surface area contributed by atoms with Crippen molar-refractivity contribution >= 4 is 0 Å².